The summed E-state index contributed by atoms with van der Waals surface area (Å²) in [4.78, 5) is 2.25. The van der Waals surface area contributed by atoms with E-state index in [0.29, 0.717) is 6.54 Å². The Morgan fingerprint density at radius 2 is 2.11 bits per heavy atom. The van der Waals surface area contributed by atoms with Crippen LogP contribution in [0.1, 0.15) is 18.1 Å². The largest absolute Gasteiger partial charge is 0.316 e. The fourth-order valence-corrected chi connectivity index (χ4v) is 4.17. The van der Waals surface area contributed by atoms with Gasteiger partial charge in [-0.3, -0.25) is 4.90 Å². The van der Waals surface area contributed by atoms with Crippen LogP contribution in [0.5, 0.6) is 0 Å². The number of sulfone groups is 1. The van der Waals surface area contributed by atoms with Crippen LogP contribution in [0.2, 0.25) is 0 Å². The number of hydrogen-bond donors (Lipinski definition) is 1. The molecule has 2 rings (SSSR count). The maximum Gasteiger partial charge on any atom is 0.153 e. The Morgan fingerprint density at radius 3 is 2.79 bits per heavy atom. The second-order valence-corrected chi connectivity index (χ2v) is 7.51. The van der Waals surface area contributed by atoms with Gasteiger partial charge in [0.1, 0.15) is 0 Å². The van der Waals surface area contributed by atoms with E-state index in [0.717, 1.165) is 13.1 Å². The summed E-state index contributed by atoms with van der Waals surface area (Å²) in [5.74, 6) is 0.566. The van der Waals surface area contributed by atoms with Gasteiger partial charge < -0.3 is 5.32 Å². The third-order valence-electron chi connectivity index (χ3n) is 3.57. The van der Waals surface area contributed by atoms with E-state index in [1.807, 2.05) is 14.0 Å². The van der Waals surface area contributed by atoms with E-state index in [2.05, 4.69) is 34.5 Å². The lowest BCUT2D eigenvalue weighted by atomic mass is 10.1. The van der Waals surface area contributed by atoms with Crippen molar-refractivity contribution < 1.29 is 8.42 Å². The van der Waals surface area contributed by atoms with Crippen molar-refractivity contribution in [3.63, 3.8) is 0 Å². The summed E-state index contributed by atoms with van der Waals surface area (Å²) in [6, 6.07) is 8.56. The Balaban J connectivity index is 2.03. The molecular formula is C14H22N2O2S. The van der Waals surface area contributed by atoms with E-state index in [4.69, 9.17) is 0 Å². The van der Waals surface area contributed by atoms with Gasteiger partial charge in [-0.05, 0) is 25.1 Å². The van der Waals surface area contributed by atoms with Crippen LogP contribution in [0.15, 0.2) is 24.3 Å². The molecule has 1 unspecified atom stereocenters. The quantitative estimate of drug-likeness (QED) is 0.896. The molecule has 5 heteroatoms. The molecule has 0 spiro atoms. The molecule has 1 aromatic carbocycles. The van der Waals surface area contributed by atoms with Crippen LogP contribution in [0.4, 0.5) is 0 Å². The highest BCUT2D eigenvalue weighted by atomic mass is 32.2. The van der Waals surface area contributed by atoms with Crippen molar-refractivity contribution in [3.05, 3.63) is 35.4 Å². The maximum absolute atomic E-state index is 11.6. The fraction of sp³-hybridized carbons (Fsp3) is 0.571. The lowest BCUT2D eigenvalue weighted by Crippen LogP contribution is -2.46. The second-order valence-electron chi connectivity index (χ2n) is 5.28. The molecule has 0 amide bonds. The van der Waals surface area contributed by atoms with Gasteiger partial charge in [0.25, 0.3) is 0 Å². The minimum atomic E-state index is -2.83. The van der Waals surface area contributed by atoms with Crippen molar-refractivity contribution in [2.24, 2.45) is 0 Å². The molecule has 0 saturated carbocycles. The number of hydrogen-bond acceptors (Lipinski definition) is 4. The summed E-state index contributed by atoms with van der Waals surface area (Å²) in [6.45, 7) is 4.32. The van der Waals surface area contributed by atoms with Crippen molar-refractivity contribution in [2.75, 3.05) is 25.1 Å². The predicted octanol–water partition coefficient (Wildman–Crippen LogP) is 1.02. The average molecular weight is 282 g/mol. The van der Waals surface area contributed by atoms with Gasteiger partial charge in [0.15, 0.2) is 9.84 Å². The summed E-state index contributed by atoms with van der Waals surface area (Å²) in [7, 11) is -0.891. The molecule has 1 saturated heterocycles. The number of nitrogens with one attached hydrogen (secondary N) is 1. The molecule has 1 N–H and O–H groups in total. The molecule has 1 aromatic rings. The molecule has 0 radical (unpaired) electrons. The Morgan fingerprint density at radius 1 is 1.37 bits per heavy atom. The molecule has 1 heterocycles. The van der Waals surface area contributed by atoms with E-state index in [-0.39, 0.29) is 17.5 Å². The highest BCUT2D eigenvalue weighted by Crippen LogP contribution is 2.16. The van der Waals surface area contributed by atoms with E-state index in [1.54, 1.807) is 0 Å². The molecule has 1 aliphatic heterocycles. The third-order valence-corrected chi connectivity index (χ3v) is 5.36. The number of nitrogens with zero attached hydrogens (tertiary/aromatic N) is 1. The van der Waals surface area contributed by atoms with Crippen LogP contribution in [0.3, 0.4) is 0 Å². The molecule has 4 nitrogen and oxygen atoms in total. The standard InChI is InChI=1S/C14H22N2O2S/c1-12-11-19(17,18)7-6-16(12)10-14-5-3-4-13(8-14)9-15-2/h3-5,8,12,15H,6-7,9-11H2,1-2H3. The second kappa shape index (κ2) is 6.03. The molecule has 1 atom stereocenters. The first-order valence-corrected chi connectivity index (χ1v) is 8.49. The normalized spacial score (nSPS) is 23.4. The summed E-state index contributed by atoms with van der Waals surface area (Å²) in [6.07, 6.45) is 0. The van der Waals surface area contributed by atoms with Crippen LogP contribution in [-0.2, 0) is 22.9 Å². The molecule has 106 valence electrons. The van der Waals surface area contributed by atoms with Crippen LogP contribution >= 0.6 is 0 Å². The molecule has 19 heavy (non-hydrogen) atoms. The van der Waals surface area contributed by atoms with Gasteiger partial charge in [0.2, 0.25) is 0 Å². The first-order valence-electron chi connectivity index (χ1n) is 6.67. The van der Waals surface area contributed by atoms with E-state index in [1.165, 1.54) is 11.1 Å². The molecule has 0 aromatic heterocycles. The summed E-state index contributed by atoms with van der Waals surface area (Å²) in [5.41, 5.74) is 2.51. The average Bonchev–Trinajstić information content (AvgIpc) is 2.33. The van der Waals surface area contributed by atoms with Gasteiger partial charge in [0, 0.05) is 25.7 Å². The number of rotatable bonds is 4. The SMILES string of the molecule is CNCc1cccc(CN2CCS(=O)(=O)CC2C)c1. The predicted molar refractivity (Wildman–Crippen MR) is 77.7 cm³/mol. The van der Waals surface area contributed by atoms with E-state index >= 15 is 0 Å². The molecule has 1 aliphatic rings. The highest BCUT2D eigenvalue weighted by Gasteiger charge is 2.27. The smallest absolute Gasteiger partial charge is 0.153 e. The van der Waals surface area contributed by atoms with E-state index in [9.17, 15) is 8.42 Å². The first-order chi connectivity index (χ1) is 9.00. The summed E-state index contributed by atoms with van der Waals surface area (Å²) >= 11 is 0. The molecule has 1 fully saturated rings. The monoisotopic (exact) mass is 282 g/mol. The topological polar surface area (TPSA) is 49.4 Å². The minimum absolute atomic E-state index is 0.103. The first kappa shape index (κ1) is 14.5. The fourth-order valence-electron chi connectivity index (χ4n) is 2.54. The molecule has 0 bridgehead atoms. The minimum Gasteiger partial charge on any atom is -0.316 e. The number of benzene rings is 1. The molecule has 0 aliphatic carbocycles. The van der Waals surface area contributed by atoms with Crippen LogP contribution < -0.4 is 5.32 Å². The Bertz CT molecular complexity index is 528. The van der Waals surface area contributed by atoms with Crippen molar-refractivity contribution in [3.8, 4) is 0 Å². The lowest BCUT2D eigenvalue weighted by molar-refractivity contribution is 0.218. The van der Waals surface area contributed by atoms with Gasteiger partial charge in [0.05, 0.1) is 11.5 Å². The van der Waals surface area contributed by atoms with Crippen molar-refractivity contribution in [2.45, 2.75) is 26.1 Å². The Labute approximate surface area is 115 Å². The van der Waals surface area contributed by atoms with Crippen LogP contribution in [0.25, 0.3) is 0 Å². The zero-order valence-corrected chi connectivity index (χ0v) is 12.4. The van der Waals surface area contributed by atoms with Gasteiger partial charge in [-0.25, -0.2) is 8.42 Å². The van der Waals surface area contributed by atoms with E-state index < -0.39 is 9.84 Å². The zero-order valence-electron chi connectivity index (χ0n) is 11.6. The lowest BCUT2D eigenvalue weighted by Gasteiger charge is -2.33. The van der Waals surface area contributed by atoms with Crippen molar-refractivity contribution in [1.29, 1.82) is 0 Å². The van der Waals surface area contributed by atoms with Gasteiger partial charge >= 0.3 is 0 Å². The van der Waals surface area contributed by atoms with Gasteiger partial charge in [-0.2, -0.15) is 0 Å². The Hall–Kier alpha value is -0.910. The zero-order chi connectivity index (χ0) is 13.9. The summed E-state index contributed by atoms with van der Waals surface area (Å²) < 4.78 is 23.1. The molecular weight excluding hydrogens is 260 g/mol. The highest BCUT2D eigenvalue weighted by molar-refractivity contribution is 7.91. The summed E-state index contributed by atoms with van der Waals surface area (Å²) in [5, 5.41) is 3.14. The Kier molecular flexibility index (Phi) is 4.60. The van der Waals surface area contributed by atoms with Gasteiger partial charge in [-0.1, -0.05) is 24.3 Å². The van der Waals surface area contributed by atoms with Crippen LogP contribution in [-0.4, -0.2) is 44.5 Å². The van der Waals surface area contributed by atoms with Crippen molar-refractivity contribution >= 4 is 9.84 Å². The third kappa shape index (κ3) is 4.03. The van der Waals surface area contributed by atoms with Crippen molar-refractivity contribution in [1.82, 2.24) is 10.2 Å². The van der Waals surface area contributed by atoms with Gasteiger partial charge in [-0.15, -0.1) is 0 Å². The van der Waals surface area contributed by atoms with Crippen LogP contribution in [0, 0.1) is 0 Å². The maximum atomic E-state index is 11.6.